The summed E-state index contributed by atoms with van der Waals surface area (Å²) in [5, 5.41) is 6.74. The number of anilines is 1. The summed E-state index contributed by atoms with van der Waals surface area (Å²) < 4.78 is 12.4. The van der Waals surface area contributed by atoms with Crippen LogP contribution in [0.25, 0.3) is 0 Å². The summed E-state index contributed by atoms with van der Waals surface area (Å²) in [5.74, 6) is 0.471. The zero-order valence-corrected chi connectivity index (χ0v) is 10.9. The third kappa shape index (κ3) is 5.48. The minimum Gasteiger partial charge on any atom is -0.396 e. The molecule has 2 atom stereocenters. The molecule has 0 aliphatic carbocycles. The summed E-state index contributed by atoms with van der Waals surface area (Å²) in [4.78, 5) is 11.6. The molecule has 1 amide bonds. The molecule has 1 aromatic heterocycles. The molecule has 17 heavy (non-hydrogen) atoms. The van der Waals surface area contributed by atoms with Gasteiger partial charge in [0.2, 0.25) is 5.91 Å². The fourth-order valence-corrected chi connectivity index (χ4v) is 2.03. The van der Waals surface area contributed by atoms with Crippen LogP contribution in [0.2, 0.25) is 0 Å². The summed E-state index contributed by atoms with van der Waals surface area (Å²) in [6, 6.07) is 0.0132. The van der Waals surface area contributed by atoms with Gasteiger partial charge < -0.3 is 11.1 Å². The molecule has 0 fully saturated rings. The molecule has 0 radical (unpaired) electrons. The normalized spacial score (nSPS) is 14.2. The van der Waals surface area contributed by atoms with E-state index in [0.29, 0.717) is 17.9 Å². The maximum atomic E-state index is 11.6. The molecule has 6 nitrogen and oxygen atoms in total. The molecule has 0 aliphatic heterocycles. The molecular weight excluding hydrogens is 240 g/mol. The number of amides is 1. The van der Waals surface area contributed by atoms with Gasteiger partial charge in [0.1, 0.15) is 6.54 Å². The van der Waals surface area contributed by atoms with Crippen LogP contribution in [0.15, 0.2) is 12.4 Å². The van der Waals surface area contributed by atoms with Crippen LogP contribution < -0.4 is 11.1 Å². The number of nitrogens with two attached hydrogens (primary N) is 1. The smallest absolute Gasteiger partial charge is 0.241 e. The van der Waals surface area contributed by atoms with Gasteiger partial charge in [-0.05, 0) is 13.3 Å². The zero-order chi connectivity index (χ0) is 12.8. The minimum atomic E-state index is -0.821. The summed E-state index contributed by atoms with van der Waals surface area (Å²) >= 11 is 0. The van der Waals surface area contributed by atoms with Crippen molar-refractivity contribution in [3.05, 3.63) is 12.4 Å². The van der Waals surface area contributed by atoms with Crippen LogP contribution in [-0.4, -0.2) is 37.9 Å². The molecule has 96 valence electrons. The van der Waals surface area contributed by atoms with E-state index in [1.807, 2.05) is 6.92 Å². The molecule has 0 bridgehead atoms. The van der Waals surface area contributed by atoms with Gasteiger partial charge in [0.25, 0.3) is 0 Å². The Kier molecular flexibility index (Phi) is 5.14. The van der Waals surface area contributed by atoms with E-state index in [-0.39, 0.29) is 18.5 Å². The average Bonchev–Trinajstić information content (AvgIpc) is 2.60. The molecule has 1 aromatic rings. The third-order valence-electron chi connectivity index (χ3n) is 2.20. The molecule has 1 rings (SSSR count). The molecule has 7 heteroatoms. The Hall–Kier alpha value is -1.37. The fourth-order valence-electron chi connectivity index (χ4n) is 1.35. The first-order valence-electron chi connectivity index (χ1n) is 5.34. The van der Waals surface area contributed by atoms with E-state index in [1.54, 1.807) is 12.5 Å². The predicted molar refractivity (Wildman–Crippen MR) is 67.8 cm³/mol. The first kappa shape index (κ1) is 13.7. The van der Waals surface area contributed by atoms with E-state index in [1.165, 1.54) is 10.9 Å². The van der Waals surface area contributed by atoms with E-state index < -0.39 is 10.8 Å². The molecule has 3 N–H and O–H groups in total. The first-order valence-corrected chi connectivity index (χ1v) is 7.07. The Labute approximate surface area is 103 Å². The number of hydrogen-bond donors (Lipinski definition) is 2. The predicted octanol–water partition coefficient (Wildman–Crippen LogP) is -0.261. The third-order valence-corrected chi connectivity index (χ3v) is 3.02. The van der Waals surface area contributed by atoms with Crippen LogP contribution in [0, 0.1) is 0 Å². The summed E-state index contributed by atoms with van der Waals surface area (Å²) in [6.45, 7) is 2.04. The fraction of sp³-hybridized carbons (Fsp3) is 0.600. The van der Waals surface area contributed by atoms with Crippen molar-refractivity contribution in [2.45, 2.75) is 25.9 Å². The lowest BCUT2D eigenvalue weighted by molar-refractivity contribution is -0.122. The standard InChI is InChI=1S/C10H18N4O2S/c1-8(3-4-17(2)16)13-10(15)7-14-6-9(11)5-12-14/h5-6,8H,3-4,7,11H2,1-2H3,(H,13,15). The number of hydrogen-bond acceptors (Lipinski definition) is 4. The Balaban J connectivity index is 2.31. The highest BCUT2D eigenvalue weighted by Crippen LogP contribution is 1.98. The molecule has 2 unspecified atom stereocenters. The number of carbonyl (C=O) groups is 1. The van der Waals surface area contributed by atoms with Crippen LogP contribution in [0.1, 0.15) is 13.3 Å². The van der Waals surface area contributed by atoms with E-state index in [4.69, 9.17) is 5.73 Å². The molecule has 0 aromatic carbocycles. The van der Waals surface area contributed by atoms with Gasteiger partial charge in [-0.15, -0.1) is 0 Å². The maximum Gasteiger partial charge on any atom is 0.241 e. The van der Waals surface area contributed by atoms with Gasteiger partial charge in [0.05, 0.1) is 11.9 Å². The number of rotatable bonds is 6. The van der Waals surface area contributed by atoms with Crippen molar-refractivity contribution in [3.63, 3.8) is 0 Å². The highest BCUT2D eigenvalue weighted by atomic mass is 32.2. The lowest BCUT2D eigenvalue weighted by atomic mass is 10.2. The van der Waals surface area contributed by atoms with Gasteiger partial charge in [-0.25, -0.2) is 0 Å². The Morgan fingerprint density at radius 1 is 1.71 bits per heavy atom. The highest BCUT2D eigenvalue weighted by molar-refractivity contribution is 7.84. The van der Waals surface area contributed by atoms with Crippen molar-refractivity contribution < 1.29 is 9.00 Å². The van der Waals surface area contributed by atoms with Crippen molar-refractivity contribution >= 4 is 22.4 Å². The second-order valence-corrected chi connectivity index (χ2v) is 5.56. The van der Waals surface area contributed by atoms with E-state index in [2.05, 4.69) is 10.4 Å². The summed E-state index contributed by atoms with van der Waals surface area (Å²) in [6.07, 6.45) is 5.46. The largest absolute Gasteiger partial charge is 0.396 e. The molecular formula is C10H18N4O2S. The van der Waals surface area contributed by atoms with Crippen molar-refractivity contribution in [1.82, 2.24) is 15.1 Å². The molecule has 0 aliphatic rings. The second-order valence-electron chi connectivity index (χ2n) is 4.01. The lowest BCUT2D eigenvalue weighted by Gasteiger charge is -2.12. The average molecular weight is 258 g/mol. The van der Waals surface area contributed by atoms with Crippen molar-refractivity contribution in [2.75, 3.05) is 17.7 Å². The van der Waals surface area contributed by atoms with E-state index in [0.717, 1.165) is 0 Å². The van der Waals surface area contributed by atoms with Crippen LogP contribution in [0.5, 0.6) is 0 Å². The van der Waals surface area contributed by atoms with Crippen LogP contribution in [0.4, 0.5) is 5.69 Å². The number of carbonyl (C=O) groups excluding carboxylic acids is 1. The van der Waals surface area contributed by atoms with Gasteiger partial charge >= 0.3 is 0 Å². The topological polar surface area (TPSA) is 90.0 Å². The van der Waals surface area contributed by atoms with Crippen molar-refractivity contribution in [1.29, 1.82) is 0 Å². The van der Waals surface area contributed by atoms with Crippen molar-refractivity contribution in [2.24, 2.45) is 0 Å². The Bertz CT molecular complexity index is 405. The Morgan fingerprint density at radius 3 is 2.94 bits per heavy atom. The monoisotopic (exact) mass is 258 g/mol. The first-order chi connectivity index (χ1) is 7.97. The van der Waals surface area contributed by atoms with Crippen LogP contribution >= 0.6 is 0 Å². The van der Waals surface area contributed by atoms with E-state index in [9.17, 15) is 9.00 Å². The second kappa shape index (κ2) is 6.39. The van der Waals surface area contributed by atoms with E-state index >= 15 is 0 Å². The van der Waals surface area contributed by atoms with Crippen molar-refractivity contribution in [3.8, 4) is 0 Å². The number of nitrogen functional groups attached to an aromatic ring is 1. The van der Waals surface area contributed by atoms with Crippen LogP contribution in [0.3, 0.4) is 0 Å². The zero-order valence-electron chi connectivity index (χ0n) is 10.0. The lowest BCUT2D eigenvalue weighted by Crippen LogP contribution is -2.36. The Morgan fingerprint density at radius 2 is 2.41 bits per heavy atom. The number of aromatic nitrogens is 2. The van der Waals surface area contributed by atoms with Gasteiger partial charge in [-0.2, -0.15) is 5.10 Å². The molecule has 1 heterocycles. The van der Waals surface area contributed by atoms with Gasteiger partial charge in [0, 0.05) is 35.0 Å². The summed E-state index contributed by atoms with van der Waals surface area (Å²) in [7, 11) is -0.821. The van der Waals surface area contributed by atoms with Gasteiger partial charge in [0.15, 0.2) is 0 Å². The minimum absolute atomic E-state index is 0.0132. The quantitative estimate of drug-likeness (QED) is 0.735. The van der Waals surface area contributed by atoms with Gasteiger partial charge in [-0.1, -0.05) is 0 Å². The SMILES string of the molecule is CC(CCS(C)=O)NC(=O)Cn1cc(N)cn1. The highest BCUT2D eigenvalue weighted by Gasteiger charge is 2.09. The molecule has 0 saturated carbocycles. The summed E-state index contributed by atoms with van der Waals surface area (Å²) in [5.41, 5.74) is 6.02. The van der Waals surface area contributed by atoms with Gasteiger partial charge in [-0.3, -0.25) is 13.7 Å². The van der Waals surface area contributed by atoms with Crippen LogP contribution in [-0.2, 0) is 22.1 Å². The number of nitrogens with zero attached hydrogens (tertiary/aromatic N) is 2. The molecule has 0 spiro atoms. The molecule has 0 saturated heterocycles. The number of nitrogens with one attached hydrogen (secondary N) is 1. The maximum absolute atomic E-state index is 11.6.